The van der Waals surface area contributed by atoms with Crippen LogP contribution in [0.15, 0.2) is 55.1 Å². The van der Waals surface area contributed by atoms with E-state index in [0.717, 1.165) is 32.1 Å². The van der Waals surface area contributed by atoms with E-state index in [1.165, 1.54) is 42.4 Å². The molecule has 0 aromatic heterocycles. The van der Waals surface area contributed by atoms with Crippen LogP contribution in [0.4, 0.5) is 0 Å². The van der Waals surface area contributed by atoms with Crippen molar-refractivity contribution >= 4 is 17.3 Å². The van der Waals surface area contributed by atoms with Crippen molar-refractivity contribution in [1.29, 1.82) is 0 Å². The van der Waals surface area contributed by atoms with Gasteiger partial charge >= 0.3 is 5.97 Å². The van der Waals surface area contributed by atoms with E-state index in [4.69, 9.17) is 0 Å². The number of allylic oxidation sites excluding steroid dienone is 4. The van der Waals surface area contributed by atoms with Crippen LogP contribution in [0.25, 0.3) is 5.57 Å². The summed E-state index contributed by atoms with van der Waals surface area (Å²) in [6.45, 7) is 23.4. The van der Waals surface area contributed by atoms with E-state index in [-0.39, 0.29) is 27.1 Å². The van der Waals surface area contributed by atoms with E-state index in [2.05, 4.69) is 60.8 Å². The Morgan fingerprint density at radius 3 is 2.23 bits per heavy atom. The molecule has 0 radical (unpaired) electrons. The molecular formula is C40H54O3. The lowest BCUT2D eigenvalue weighted by molar-refractivity contribution is -0.224. The third kappa shape index (κ3) is 4.04. The van der Waals surface area contributed by atoms with Gasteiger partial charge in [-0.05, 0) is 139 Å². The fourth-order valence-corrected chi connectivity index (χ4v) is 12.8. The molecule has 0 aliphatic heterocycles. The molecule has 1 N–H and O–H groups in total. The third-order valence-electron chi connectivity index (χ3n) is 15.0. The molecule has 9 atom stereocenters. The van der Waals surface area contributed by atoms with Gasteiger partial charge in [-0.3, -0.25) is 4.79 Å². The summed E-state index contributed by atoms with van der Waals surface area (Å²) in [7, 11) is 0. The zero-order valence-corrected chi connectivity index (χ0v) is 27.6. The molecule has 3 heteroatoms. The number of hydrogen-bond acceptors (Lipinski definition) is 2. The van der Waals surface area contributed by atoms with Crippen LogP contribution in [0.1, 0.15) is 122 Å². The first kappa shape index (κ1) is 30.6. The second kappa shape index (κ2) is 10.0. The van der Waals surface area contributed by atoms with E-state index in [9.17, 15) is 14.7 Å². The molecule has 6 rings (SSSR count). The normalized spacial score (nSPS) is 42.8. The molecule has 5 aliphatic rings. The van der Waals surface area contributed by atoms with Crippen LogP contribution < -0.4 is 0 Å². The van der Waals surface area contributed by atoms with Crippen molar-refractivity contribution in [1.82, 2.24) is 0 Å². The van der Waals surface area contributed by atoms with Gasteiger partial charge < -0.3 is 5.11 Å². The van der Waals surface area contributed by atoms with E-state index >= 15 is 0 Å². The van der Waals surface area contributed by atoms with Crippen LogP contribution in [0.2, 0.25) is 0 Å². The number of carbonyl (C=O) groups excluding carboxylic acids is 1. The smallest absolute Gasteiger partial charge is 0.335 e. The zero-order chi connectivity index (χ0) is 31.2. The highest BCUT2D eigenvalue weighted by Crippen LogP contribution is 2.77. The lowest BCUT2D eigenvalue weighted by atomic mass is 9.32. The van der Waals surface area contributed by atoms with Crippen molar-refractivity contribution < 1.29 is 14.7 Å². The van der Waals surface area contributed by atoms with Crippen LogP contribution in [0.5, 0.6) is 0 Å². The molecule has 0 unspecified atom stereocenters. The van der Waals surface area contributed by atoms with Gasteiger partial charge in [0.05, 0.1) is 5.56 Å². The Labute approximate surface area is 260 Å². The van der Waals surface area contributed by atoms with Crippen LogP contribution in [-0.4, -0.2) is 16.9 Å². The van der Waals surface area contributed by atoms with Gasteiger partial charge in [0.1, 0.15) is 5.78 Å². The highest BCUT2D eigenvalue weighted by Gasteiger charge is 2.71. The van der Waals surface area contributed by atoms with Crippen molar-refractivity contribution in [2.75, 3.05) is 0 Å². The summed E-state index contributed by atoms with van der Waals surface area (Å²) >= 11 is 0. The molecule has 0 amide bonds. The maximum Gasteiger partial charge on any atom is 0.335 e. The van der Waals surface area contributed by atoms with E-state index in [1.807, 2.05) is 18.2 Å². The van der Waals surface area contributed by atoms with Gasteiger partial charge in [0.2, 0.25) is 0 Å². The topological polar surface area (TPSA) is 54.4 Å². The number of hydrogen-bond donors (Lipinski definition) is 1. The molecule has 0 heterocycles. The molecule has 0 bridgehead atoms. The molecule has 0 spiro atoms. The summed E-state index contributed by atoms with van der Waals surface area (Å²) < 4.78 is 0. The summed E-state index contributed by atoms with van der Waals surface area (Å²) in [5, 5.41) is 9.43. The van der Waals surface area contributed by atoms with Gasteiger partial charge in [0.25, 0.3) is 0 Å². The number of carboxylic acids is 1. The monoisotopic (exact) mass is 582 g/mol. The molecule has 3 nitrogen and oxygen atoms in total. The maximum absolute atomic E-state index is 13.9. The molecule has 4 fully saturated rings. The van der Waals surface area contributed by atoms with E-state index < -0.39 is 5.97 Å². The SMILES string of the molecule is C=CCC(=O)[C@]12CC[C@@H](C(=C)C)[C@@H]1[C@H]1CC[C@@H]3[C@@]4(C)CC=C(c5ccc(C(=O)O)cc5)C(C)(C)[C@@H]4CC[C@@]3(C)[C@]1(C)CC2. The minimum atomic E-state index is -0.871. The predicted molar refractivity (Wildman–Crippen MR) is 176 cm³/mol. The highest BCUT2D eigenvalue weighted by molar-refractivity contribution is 5.88. The van der Waals surface area contributed by atoms with Crippen LogP contribution >= 0.6 is 0 Å². The molecule has 1 aromatic rings. The standard InChI is InChI=1S/C40H54O3/c1-9-10-33(41)40-22-17-28(25(2)3)34(40)30-15-16-32-37(6)20-18-29(26-11-13-27(14-12-26)35(42)43)36(4,5)31(37)19-21-39(32,8)38(30,7)23-24-40/h9,11-14,18,28,30-32,34H,1-2,10,15-17,19-24H2,3-8H3,(H,42,43)/t28-,30+,31-,32+,34+,37-,38+,39+,40+/m0/s1. The number of Topliss-reactive ketones (excluding diaryl/α,β-unsaturated/α-hetero) is 1. The highest BCUT2D eigenvalue weighted by atomic mass is 16.4. The molecule has 4 saturated carbocycles. The minimum absolute atomic E-state index is 0.00610. The zero-order valence-electron chi connectivity index (χ0n) is 27.6. The molecule has 43 heavy (non-hydrogen) atoms. The van der Waals surface area contributed by atoms with Gasteiger partial charge in [0, 0.05) is 11.8 Å². The average molecular weight is 583 g/mol. The quantitative estimate of drug-likeness (QED) is 0.340. The van der Waals surface area contributed by atoms with Crippen molar-refractivity contribution in [2.24, 2.45) is 56.7 Å². The summed E-state index contributed by atoms with van der Waals surface area (Å²) in [4.78, 5) is 25.4. The van der Waals surface area contributed by atoms with Crippen molar-refractivity contribution in [3.63, 3.8) is 0 Å². The van der Waals surface area contributed by atoms with Crippen molar-refractivity contribution in [2.45, 2.75) is 106 Å². The Hall–Kier alpha value is -2.42. The number of carboxylic acid groups (broad SMARTS) is 1. The number of aromatic carboxylic acids is 1. The van der Waals surface area contributed by atoms with Gasteiger partial charge in [-0.1, -0.05) is 71.1 Å². The fourth-order valence-electron chi connectivity index (χ4n) is 12.8. The summed E-state index contributed by atoms with van der Waals surface area (Å²) in [6, 6.07) is 7.54. The molecule has 232 valence electrons. The first-order chi connectivity index (χ1) is 20.2. The Morgan fingerprint density at radius 2 is 1.60 bits per heavy atom. The lowest BCUT2D eigenvalue weighted by Gasteiger charge is -2.72. The lowest BCUT2D eigenvalue weighted by Crippen LogP contribution is -2.65. The Bertz CT molecular complexity index is 1380. The number of ketones is 1. The first-order valence-electron chi connectivity index (χ1n) is 17.0. The van der Waals surface area contributed by atoms with E-state index in [0.29, 0.717) is 47.4 Å². The molecule has 5 aliphatic carbocycles. The van der Waals surface area contributed by atoms with Crippen LogP contribution in [0.3, 0.4) is 0 Å². The van der Waals surface area contributed by atoms with Gasteiger partial charge in [-0.2, -0.15) is 0 Å². The van der Waals surface area contributed by atoms with Gasteiger partial charge in [-0.25, -0.2) is 4.79 Å². The number of benzene rings is 1. The summed E-state index contributed by atoms with van der Waals surface area (Å²) in [5.74, 6) is 2.24. The predicted octanol–water partition coefficient (Wildman–Crippen LogP) is 10.2. The molecular weight excluding hydrogens is 528 g/mol. The average Bonchev–Trinajstić information content (AvgIpc) is 3.35. The molecule has 1 aromatic carbocycles. The second-order valence-corrected chi connectivity index (χ2v) is 16.7. The summed E-state index contributed by atoms with van der Waals surface area (Å²) in [6.07, 6.45) is 15.2. The molecule has 0 saturated heterocycles. The van der Waals surface area contributed by atoms with Gasteiger partial charge in [-0.15, -0.1) is 6.58 Å². The number of fused-ring (bicyclic) bond motifs is 7. The van der Waals surface area contributed by atoms with Crippen molar-refractivity contribution in [3.8, 4) is 0 Å². The van der Waals surface area contributed by atoms with Gasteiger partial charge in [0.15, 0.2) is 0 Å². The van der Waals surface area contributed by atoms with Crippen LogP contribution in [-0.2, 0) is 4.79 Å². The Kier molecular flexibility index (Phi) is 7.15. The third-order valence-corrected chi connectivity index (χ3v) is 15.0. The minimum Gasteiger partial charge on any atom is -0.478 e. The first-order valence-corrected chi connectivity index (χ1v) is 17.0. The fraction of sp³-hybridized carbons (Fsp3) is 0.650. The second-order valence-electron chi connectivity index (χ2n) is 16.7. The largest absolute Gasteiger partial charge is 0.478 e. The summed E-state index contributed by atoms with van der Waals surface area (Å²) in [5.41, 5.74) is 4.67. The Morgan fingerprint density at radius 1 is 0.907 bits per heavy atom. The van der Waals surface area contributed by atoms with E-state index in [1.54, 1.807) is 12.1 Å². The Balaban J connectivity index is 1.37. The van der Waals surface area contributed by atoms with Crippen LogP contribution in [0, 0.1) is 56.7 Å². The van der Waals surface area contributed by atoms with Crippen molar-refractivity contribution in [3.05, 3.63) is 66.3 Å². The number of carbonyl (C=O) groups is 2. The maximum atomic E-state index is 13.9. The number of rotatable bonds is 6.